The van der Waals surface area contributed by atoms with Gasteiger partial charge in [-0.25, -0.2) is 8.78 Å². The minimum atomic E-state index is -1.34. The van der Waals surface area contributed by atoms with Crippen molar-refractivity contribution in [3.05, 3.63) is 21.4 Å². The van der Waals surface area contributed by atoms with Crippen LogP contribution in [0.1, 0.15) is 12.6 Å². The predicted molar refractivity (Wildman–Crippen MR) is 60.9 cm³/mol. The van der Waals surface area contributed by atoms with Crippen molar-refractivity contribution in [3.63, 3.8) is 0 Å². The standard InChI is InChI=1S/C9H10F2N2O2S2/c10-5-1-4(3-14)15-8(5)13-2-6(11)7(16)12-9(13)17/h2,4-5,8,14H,1,3H2,(H,12,16,17)/t4-,5?,8+/m0/s1. The van der Waals surface area contributed by atoms with E-state index in [0.29, 0.717) is 0 Å². The van der Waals surface area contributed by atoms with Crippen molar-refractivity contribution in [3.8, 4) is 0 Å². The molecule has 1 aliphatic rings. The number of ether oxygens (including phenoxy) is 1. The van der Waals surface area contributed by atoms with Gasteiger partial charge in [-0.3, -0.25) is 4.57 Å². The second-order valence-corrected chi connectivity index (χ2v) is 4.52. The fraction of sp³-hybridized carbons (Fsp3) is 0.556. The Morgan fingerprint density at radius 1 is 1.59 bits per heavy atom. The summed E-state index contributed by atoms with van der Waals surface area (Å²) in [5.74, 6) is -0.697. The van der Waals surface area contributed by atoms with Crippen LogP contribution in [0.25, 0.3) is 0 Å². The zero-order chi connectivity index (χ0) is 12.6. The third-order valence-electron chi connectivity index (χ3n) is 2.53. The summed E-state index contributed by atoms with van der Waals surface area (Å²) in [6.07, 6.45) is -1.90. The summed E-state index contributed by atoms with van der Waals surface area (Å²) in [5.41, 5.74) is 0. The van der Waals surface area contributed by atoms with Gasteiger partial charge in [0.2, 0.25) is 0 Å². The van der Waals surface area contributed by atoms with Gasteiger partial charge >= 0.3 is 0 Å². The summed E-state index contributed by atoms with van der Waals surface area (Å²) in [7, 11) is 0. The van der Waals surface area contributed by atoms with Gasteiger partial charge in [0.25, 0.3) is 0 Å². The van der Waals surface area contributed by atoms with Gasteiger partial charge in [0.15, 0.2) is 16.8 Å². The van der Waals surface area contributed by atoms with Gasteiger partial charge in [-0.05, 0) is 12.2 Å². The van der Waals surface area contributed by atoms with Gasteiger partial charge < -0.3 is 14.8 Å². The van der Waals surface area contributed by atoms with Crippen molar-refractivity contribution < 1.29 is 18.6 Å². The number of nitrogens with zero attached hydrogens (tertiary/aromatic N) is 1. The minimum Gasteiger partial charge on any atom is -0.394 e. The molecule has 0 spiro atoms. The van der Waals surface area contributed by atoms with Gasteiger partial charge in [0.05, 0.1) is 12.7 Å². The van der Waals surface area contributed by atoms with Crippen LogP contribution in [-0.2, 0) is 4.74 Å². The largest absolute Gasteiger partial charge is 0.394 e. The Kier molecular flexibility index (Phi) is 3.67. The van der Waals surface area contributed by atoms with Crippen LogP contribution in [0.2, 0.25) is 0 Å². The van der Waals surface area contributed by atoms with Crippen molar-refractivity contribution in [1.82, 2.24) is 9.55 Å². The van der Waals surface area contributed by atoms with Crippen molar-refractivity contribution in [2.24, 2.45) is 0 Å². The third kappa shape index (κ3) is 2.44. The fourth-order valence-corrected chi connectivity index (χ4v) is 2.19. The van der Waals surface area contributed by atoms with E-state index in [4.69, 9.17) is 22.1 Å². The smallest absolute Gasteiger partial charge is 0.180 e. The number of halogens is 2. The Morgan fingerprint density at radius 3 is 2.88 bits per heavy atom. The molecule has 1 aliphatic heterocycles. The van der Waals surface area contributed by atoms with Gasteiger partial charge in [0, 0.05) is 12.6 Å². The van der Waals surface area contributed by atoms with Crippen LogP contribution < -0.4 is 0 Å². The summed E-state index contributed by atoms with van der Waals surface area (Å²) in [4.78, 5) is 2.45. The molecule has 0 amide bonds. The topological polar surface area (TPSA) is 50.2 Å². The molecule has 0 saturated carbocycles. The second kappa shape index (κ2) is 4.89. The number of nitrogens with one attached hydrogen (secondary N) is 1. The van der Waals surface area contributed by atoms with Gasteiger partial charge in [-0.2, -0.15) is 0 Å². The number of alkyl halides is 1. The molecule has 17 heavy (non-hydrogen) atoms. The van der Waals surface area contributed by atoms with E-state index in [1.807, 2.05) is 0 Å². The van der Waals surface area contributed by atoms with E-state index in [9.17, 15) is 8.78 Å². The third-order valence-corrected chi connectivity index (χ3v) is 3.14. The Balaban J connectivity index is 2.38. The molecule has 0 aromatic carbocycles. The molecule has 0 aliphatic carbocycles. The van der Waals surface area contributed by atoms with Crippen LogP contribution in [0.5, 0.6) is 0 Å². The molecule has 1 unspecified atom stereocenters. The lowest BCUT2D eigenvalue weighted by Gasteiger charge is -2.17. The Labute approximate surface area is 106 Å². The van der Waals surface area contributed by atoms with E-state index in [1.54, 1.807) is 0 Å². The van der Waals surface area contributed by atoms with E-state index in [0.717, 1.165) is 10.8 Å². The van der Waals surface area contributed by atoms with Crippen molar-refractivity contribution >= 4 is 24.4 Å². The first-order valence-electron chi connectivity index (χ1n) is 4.94. The van der Waals surface area contributed by atoms with Gasteiger partial charge in [-0.1, -0.05) is 12.2 Å². The normalized spacial score (nSPS) is 28.5. The average Bonchev–Trinajstić information content (AvgIpc) is 2.65. The van der Waals surface area contributed by atoms with Crippen molar-refractivity contribution in [1.29, 1.82) is 0 Å². The van der Waals surface area contributed by atoms with E-state index in [2.05, 4.69) is 17.2 Å². The van der Waals surface area contributed by atoms with E-state index in [-0.39, 0.29) is 22.4 Å². The molecule has 2 heterocycles. The monoisotopic (exact) mass is 280 g/mol. The molecule has 0 bridgehead atoms. The van der Waals surface area contributed by atoms with Crippen LogP contribution in [0, 0.1) is 15.2 Å². The molecule has 4 nitrogen and oxygen atoms in total. The zero-order valence-corrected chi connectivity index (χ0v) is 10.2. The first kappa shape index (κ1) is 12.7. The van der Waals surface area contributed by atoms with Crippen molar-refractivity contribution in [2.45, 2.75) is 24.9 Å². The average molecular weight is 280 g/mol. The summed E-state index contributed by atoms with van der Waals surface area (Å²) in [5, 5.41) is 8.89. The van der Waals surface area contributed by atoms with Crippen LogP contribution >= 0.6 is 24.4 Å². The highest BCUT2D eigenvalue weighted by Gasteiger charge is 2.36. The maximum Gasteiger partial charge on any atom is 0.180 e. The predicted octanol–water partition coefficient (Wildman–Crippen LogP) is 2.03. The highest BCUT2D eigenvalue weighted by atomic mass is 32.1. The van der Waals surface area contributed by atoms with Crippen molar-refractivity contribution in [2.75, 3.05) is 6.61 Å². The number of aromatic nitrogens is 2. The molecule has 0 radical (unpaired) electrons. The quantitative estimate of drug-likeness (QED) is 0.814. The minimum absolute atomic E-state index is 0.0557. The number of aliphatic hydroxyl groups excluding tert-OH is 1. The van der Waals surface area contributed by atoms with Gasteiger partial charge in [0.1, 0.15) is 10.8 Å². The highest BCUT2D eigenvalue weighted by molar-refractivity contribution is 7.72. The maximum absolute atomic E-state index is 13.7. The Morgan fingerprint density at radius 2 is 2.29 bits per heavy atom. The maximum atomic E-state index is 13.7. The van der Waals surface area contributed by atoms with E-state index in [1.165, 1.54) is 0 Å². The lowest BCUT2D eigenvalue weighted by Crippen LogP contribution is -2.19. The van der Waals surface area contributed by atoms with Gasteiger partial charge in [-0.15, -0.1) is 0 Å². The lowest BCUT2D eigenvalue weighted by atomic mass is 10.2. The Bertz CT molecular complexity index is 530. The number of hydrogen-bond acceptors (Lipinski definition) is 4. The van der Waals surface area contributed by atoms with Crippen LogP contribution in [0.4, 0.5) is 8.78 Å². The SMILES string of the molecule is OC[C@@H]1CC(F)[C@H](n2cc(F)c(=S)[nH]c2=S)O1. The van der Waals surface area contributed by atoms with E-state index < -0.39 is 24.3 Å². The molecule has 2 N–H and O–H groups in total. The molecule has 1 fully saturated rings. The zero-order valence-electron chi connectivity index (χ0n) is 8.60. The molecule has 1 aromatic rings. The molecule has 94 valence electrons. The van der Waals surface area contributed by atoms with Crippen LogP contribution in [0.3, 0.4) is 0 Å². The molecule has 1 saturated heterocycles. The molecule has 8 heteroatoms. The van der Waals surface area contributed by atoms with E-state index >= 15 is 0 Å². The van der Waals surface area contributed by atoms with Crippen LogP contribution in [0.15, 0.2) is 6.20 Å². The molecule has 2 rings (SSSR count). The summed E-state index contributed by atoms with van der Waals surface area (Å²) in [6.45, 7) is -0.282. The molecular formula is C9H10F2N2O2S2. The first-order chi connectivity index (χ1) is 8.02. The molecule has 3 atom stereocenters. The fourth-order valence-electron chi connectivity index (χ4n) is 1.71. The first-order valence-corrected chi connectivity index (χ1v) is 5.76. The number of rotatable bonds is 2. The highest BCUT2D eigenvalue weighted by Crippen LogP contribution is 2.31. The number of H-pyrrole nitrogens is 1. The summed E-state index contributed by atoms with van der Waals surface area (Å²) >= 11 is 9.59. The number of aliphatic hydroxyl groups is 1. The Hall–Kier alpha value is -0.700. The van der Waals surface area contributed by atoms with Crippen LogP contribution in [-0.4, -0.2) is 33.5 Å². The number of hydrogen-bond donors (Lipinski definition) is 2. The summed E-state index contributed by atoms with van der Waals surface area (Å²) in [6, 6.07) is 0. The molecular weight excluding hydrogens is 270 g/mol. The molecule has 1 aromatic heterocycles. The number of aromatic amines is 1. The second-order valence-electron chi connectivity index (χ2n) is 3.73. The lowest BCUT2D eigenvalue weighted by molar-refractivity contribution is -0.0388. The summed E-state index contributed by atoms with van der Waals surface area (Å²) < 4.78 is 33.3.